The number of carbonyl (C=O) groups is 1. The third-order valence-corrected chi connectivity index (χ3v) is 5.47. The lowest BCUT2D eigenvalue weighted by molar-refractivity contribution is -0.119. The summed E-state index contributed by atoms with van der Waals surface area (Å²) in [7, 11) is 0. The number of hydrogen-bond acceptors (Lipinski definition) is 6. The monoisotopic (exact) mass is 337 g/mol. The van der Waals surface area contributed by atoms with E-state index in [0.717, 1.165) is 42.2 Å². The fraction of sp³-hybridized carbons (Fsp3) is 0.571. The molecule has 0 unspecified atom stereocenters. The molecule has 0 saturated carbocycles. The lowest BCUT2D eigenvalue weighted by atomic mass is 9.98. The van der Waals surface area contributed by atoms with Crippen molar-refractivity contribution >= 4 is 29.0 Å². The second-order valence-corrected chi connectivity index (χ2v) is 7.49. The SMILES string of the molecule is CCc1nc(SCC(=O)N[C@H]2CCCc3sc(C)nc32)n[nH]1. The minimum Gasteiger partial charge on any atom is -0.347 e. The number of aryl methyl sites for hydroxylation is 3. The van der Waals surface area contributed by atoms with E-state index in [-0.39, 0.29) is 11.9 Å². The first-order valence-electron chi connectivity index (χ1n) is 7.45. The molecule has 0 aromatic carbocycles. The van der Waals surface area contributed by atoms with Crippen molar-refractivity contribution in [3.63, 3.8) is 0 Å². The first-order chi connectivity index (χ1) is 10.7. The van der Waals surface area contributed by atoms with Crippen molar-refractivity contribution in [3.05, 3.63) is 21.4 Å². The van der Waals surface area contributed by atoms with Crippen LogP contribution in [-0.2, 0) is 17.6 Å². The molecule has 2 aromatic heterocycles. The highest BCUT2D eigenvalue weighted by Gasteiger charge is 2.25. The number of aromatic amines is 1. The van der Waals surface area contributed by atoms with Crippen LogP contribution in [0, 0.1) is 6.92 Å². The van der Waals surface area contributed by atoms with E-state index < -0.39 is 0 Å². The summed E-state index contributed by atoms with van der Waals surface area (Å²) in [6.45, 7) is 4.03. The summed E-state index contributed by atoms with van der Waals surface area (Å²) in [4.78, 5) is 22.4. The molecule has 0 bridgehead atoms. The van der Waals surface area contributed by atoms with Crippen LogP contribution in [0.3, 0.4) is 0 Å². The van der Waals surface area contributed by atoms with Gasteiger partial charge in [0, 0.05) is 11.3 Å². The molecule has 118 valence electrons. The molecule has 22 heavy (non-hydrogen) atoms. The molecule has 2 N–H and O–H groups in total. The lowest BCUT2D eigenvalue weighted by Crippen LogP contribution is -2.32. The third-order valence-electron chi connectivity index (χ3n) is 3.57. The molecule has 0 aliphatic heterocycles. The van der Waals surface area contributed by atoms with E-state index in [2.05, 4.69) is 25.5 Å². The number of rotatable bonds is 5. The van der Waals surface area contributed by atoms with E-state index in [4.69, 9.17) is 0 Å². The number of amides is 1. The maximum Gasteiger partial charge on any atom is 0.231 e. The zero-order valence-corrected chi connectivity index (χ0v) is 14.3. The number of carbonyl (C=O) groups excluding carboxylic acids is 1. The zero-order valence-electron chi connectivity index (χ0n) is 12.7. The highest BCUT2D eigenvalue weighted by molar-refractivity contribution is 7.99. The van der Waals surface area contributed by atoms with Crippen LogP contribution >= 0.6 is 23.1 Å². The molecule has 0 radical (unpaired) electrons. The fourth-order valence-corrected chi connectivity index (χ4v) is 4.22. The van der Waals surface area contributed by atoms with E-state index in [9.17, 15) is 4.79 Å². The topological polar surface area (TPSA) is 83.6 Å². The van der Waals surface area contributed by atoms with Crippen LogP contribution in [0.1, 0.15) is 47.2 Å². The number of thioether (sulfide) groups is 1. The smallest absolute Gasteiger partial charge is 0.231 e. The van der Waals surface area contributed by atoms with Gasteiger partial charge in [0.15, 0.2) is 0 Å². The van der Waals surface area contributed by atoms with Crippen molar-refractivity contribution in [1.82, 2.24) is 25.5 Å². The molecule has 1 aliphatic rings. The van der Waals surface area contributed by atoms with Gasteiger partial charge in [0.05, 0.1) is 22.5 Å². The minimum atomic E-state index is 0.0105. The number of H-pyrrole nitrogens is 1. The largest absolute Gasteiger partial charge is 0.347 e. The summed E-state index contributed by atoms with van der Waals surface area (Å²) in [6.07, 6.45) is 3.97. The Hall–Kier alpha value is -1.41. The first-order valence-corrected chi connectivity index (χ1v) is 9.25. The summed E-state index contributed by atoms with van der Waals surface area (Å²) >= 11 is 3.10. The molecule has 1 atom stereocenters. The first kappa shape index (κ1) is 15.5. The summed E-state index contributed by atoms with van der Waals surface area (Å²) < 4.78 is 0. The van der Waals surface area contributed by atoms with Crippen molar-refractivity contribution < 1.29 is 4.79 Å². The van der Waals surface area contributed by atoms with Crippen molar-refractivity contribution in [2.75, 3.05) is 5.75 Å². The maximum absolute atomic E-state index is 12.2. The average molecular weight is 337 g/mol. The van der Waals surface area contributed by atoms with Crippen LogP contribution in [0.4, 0.5) is 0 Å². The second kappa shape index (κ2) is 6.78. The molecule has 6 nitrogen and oxygen atoms in total. The zero-order chi connectivity index (χ0) is 15.5. The van der Waals surface area contributed by atoms with Crippen molar-refractivity contribution in [2.24, 2.45) is 0 Å². The number of nitrogens with one attached hydrogen (secondary N) is 2. The Kier molecular flexibility index (Phi) is 4.77. The quantitative estimate of drug-likeness (QED) is 0.819. The van der Waals surface area contributed by atoms with E-state index in [0.29, 0.717) is 10.9 Å². The van der Waals surface area contributed by atoms with E-state index >= 15 is 0 Å². The second-order valence-electron chi connectivity index (χ2n) is 5.26. The Bertz CT molecular complexity index is 666. The lowest BCUT2D eigenvalue weighted by Gasteiger charge is -2.22. The van der Waals surface area contributed by atoms with Crippen LogP contribution in [0.15, 0.2) is 5.16 Å². The number of thiazole rings is 1. The Balaban J connectivity index is 1.56. The van der Waals surface area contributed by atoms with E-state index in [1.54, 1.807) is 11.3 Å². The molecule has 1 amide bonds. The number of nitrogens with zero attached hydrogens (tertiary/aromatic N) is 3. The van der Waals surface area contributed by atoms with Crippen molar-refractivity contribution in [2.45, 2.75) is 50.7 Å². The molecule has 2 heterocycles. The minimum absolute atomic E-state index is 0.0105. The summed E-state index contributed by atoms with van der Waals surface area (Å²) in [5.41, 5.74) is 1.07. The molecule has 3 rings (SSSR count). The van der Waals surface area contributed by atoms with Gasteiger partial charge < -0.3 is 5.32 Å². The normalized spacial score (nSPS) is 17.3. The van der Waals surface area contributed by atoms with Gasteiger partial charge in [-0.3, -0.25) is 9.89 Å². The average Bonchev–Trinajstić information content (AvgIpc) is 3.11. The van der Waals surface area contributed by atoms with Gasteiger partial charge in [0.2, 0.25) is 11.1 Å². The van der Waals surface area contributed by atoms with E-state index in [1.165, 1.54) is 16.6 Å². The van der Waals surface area contributed by atoms with Gasteiger partial charge in [-0.15, -0.1) is 16.4 Å². The summed E-state index contributed by atoms with van der Waals surface area (Å²) in [5, 5.41) is 11.7. The Morgan fingerprint density at radius 3 is 3.14 bits per heavy atom. The van der Waals surface area contributed by atoms with Crippen LogP contribution in [-0.4, -0.2) is 31.8 Å². The van der Waals surface area contributed by atoms with Crippen LogP contribution in [0.5, 0.6) is 0 Å². The fourth-order valence-electron chi connectivity index (χ4n) is 2.55. The molecular formula is C14H19N5OS2. The maximum atomic E-state index is 12.2. The highest BCUT2D eigenvalue weighted by Crippen LogP contribution is 2.33. The van der Waals surface area contributed by atoms with Crippen LogP contribution < -0.4 is 5.32 Å². The molecule has 2 aromatic rings. The Morgan fingerprint density at radius 1 is 1.50 bits per heavy atom. The van der Waals surface area contributed by atoms with Crippen molar-refractivity contribution in [1.29, 1.82) is 0 Å². The highest BCUT2D eigenvalue weighted by atomic mass is 32.2. The van der Waals surface area contributed by atoms with Gasteiger partial charge in [-0.1, -0.05) is 18.7 Å². The van der Waals surface area contributed by atoms with Gasteiger partial charge in [-0.25, -0.2) is 9.97 Å². The number of hydrogen-bond donors (Lipinski definition) is 2. The summed E-state index contributed by atoms with van der Waals surface area (Å²) in [6, 6.07) is 0.0557. The molecule has 1 aliphatic carbocycles. The molecule has 0 spiro atoms. The van der Waals surface area contributed by atoms with Gasteiger partial charge in [-0.05, 0) is 26.2 Å². The summed E-state index contributed by atoms with van der Waals surface area (Å²) in [5.74, 6) is 1.19. The van der Waals surface area contributed by atoms with Crippen LogP contribution in [0.2, 0.25) is 0 Å². The van der Waals surface area contributed by atoms with E-state index in [1.807, 2.05) is 13.8 Å². The van der Waals surface area contributed by atoms with Gasteiger partial charge in [-0.2, -0.15) is 0 Å². The van der Waals surface area contributed by atoms with Gasteiger partial charge >= 0.3 is 0 Å². The standard InChI is InChI=1S/C14H19N5OS2/c1-3-11-17-14(19-18-11)21-7-12(20)16-9-5-4-6-10-13(9)15-8(2)22-10/h9H,3-7H2,1-2H3,(H,16,20)(H,17,18,19)/t9-/m0/s1. The van der Waals surface area contributed by atoms with Gasteiger partial charge in [0.25, 0.3) is 0 Å². The predicted octanol–water partition coefficient (Wildman–Crippen LogP) is 2.42. The molecule has 0 saturated heterocycles. The number of aromatic nitrogens is 4. The number of fused-ring (bicyclic) bond motifs is 1. The Morgan fingerprint density at radius 2 is 2.36 bits per heavy atom. The van der Waals surface area contributed by atoms with Gasteiger partial charge in [0.1, 0.15) is 5.82 Å². The Labute approximate surface area is 137 Å². The molecule has 8 heteroatoms. The third kappa shape index (κ3) is 3.49. The predicted molar refractivity (Wildman–Crippen MR) is 87.2 cm³/mol. The van der Waals surface area contributed by atoms with Crippen molar-refractivity contribution in [3.8, 4) is 0 Å². The molecular weight excluding hydrogens is 318 g/mol. The van der Waals surface area contributed by atoms with Crippen LogP contribution in [0.25, 0.3) is 0 Å². The molecule has 0 fully saturated rings.